The van der Waals surface area contributed by atoms with Gasteiger partial charge in [0.2, 0.25) is 11.8 Å². The Hall–Kier alpha value is -5.84. The van der Waals surface area contributed by atoms with Gasteiger partial charge in [-0.05, 0) is 130 Å². The number of nitrogens with zero attached hydrogens (tertiary/aromatic N) is 6. The van der Waals surface area contributed by atoms with Crippen LogP contribution >= 0.6 is 0 Å². The first-order valence-corrected chi connectivity index (χ1v) is 25.9. The SMILES string of the molecule is CCN(CC)C(CCc1ccccc1)CC(=O)N1CCC2CC21c1nc2c([nH]1)CCCCc1cc(-c3ccc(-c4cnc([C@@H]5CCCN5C(=O)[C@@H](c5ccccc5)N(CC)CC)[nH]4)cc3)ccc1-2. The molecule has 4 heterocycles. The van der Waals surface area contributed by atoms with Gasteiger partial charge in [0.1, 0.15) is 23.2 Å². The number of rotatable bonds is 17. The Bertz CT molecular complexity index is 2670. The number of hydrogen-bond donors (Lipinski definition) is 2. The summed E-state index contributed by atoms with van der Waals surface area (Å²) in [7, 11) is 0. The zero-order valence-corrected chi connectivity index (χ0v) is 40.7. The van der Waals surface area contributed by atoms with Gasteiger partial charge in [-0.2, -0.15) is 0 Å². The van der Waals surface area contributed by atoms with E-state index in [0.29, 0.717) is 12.3 Å². The van der Waals surface area contributed by atoms with Gasteiger partial charge in [0.25, 0.3) is 0 Å². The van der Waals surface area contributed by atoms with E-state index in [9.17, 15) is 9.59 Å². The van der Waals surface area contributed by atoms with Crippen molar-refractivity contribution in [3.63, 3.8) is 0 Å². The highest BCUT2D eigenvalue weighted by Gasteiger charge is 2.66. The lowest BCUT2D eigenvalue weighted by Crippen LogP contribution is -2.44. The monoisotopic (exact) mass is 911 g/mol. The lowest BCUT2D eigenvalue weighted by Gasteiger charge is -2.34. The van der Waals surface area contributed by atoms with Gasteiger partial charge in [-0.15, -0.1) is 0 Å². The number of piperidine rings is 1. The van der Waals surface area contributed by atoms with Crippen LogP contribution in [0.2, 0.25) is 0 Å². The van der Waals surface area contributed by atoms with Crippen molar-refractivity contribution in [3.8, 4) is 33.6 Å². The van der Waals surface area contributed by atoms with Gasteiger partial charge < -0.3 is 24.7 Å². The van der Waals surface area contributed by atoms with Crippen molar-refractivity contribution < 1.29 is 9.59 Å². The van der Waals surface area contributed by atoms with Crippen molar-refractivity contribution in [2.45, 2.75) is 122 Å². The molecule has 2 aromatic heterocycles. The summed E-state index contributed by atoms with van der Waals surface area (Å²) in [6.07, 6.45) is 12.5. The molecule has 10 rings (SSSR count). The predicted molar refractivity (Wildman–Crippen MR) is 272 cm³/mol. The molecule has 2 aliphatic carbocycles. The Balaban J connectivity index is 0.847. The van der Waals surface area contributed by atoms with Gasteiger partial charge in [-0.25, -0.2) is 9.97 Å². The smallest absolute Gasteiger partial charge is 0.245 e. The molecule has 0 radical (unpaired) electrons. The Kier molecular flexibility index (Phi) is 13.5. The summed E-state index contributed by atoms with van der Waals surface area (Å²) in [4.78, 5) is 55.7. The summed E-state index contributed by atoms with van der Waals surface area (Å²) in [5.74, 6) is 2.75. The van der Waals surface area contributed by atoms with Crippen LogP contribution in [0.25, 0.3) is 33.6 Å². The number of nitrogens with one attached hydrogen (secondary N) is 2. The van der Waals surface area contributed by atoms with E-state index in [2.05, 4.69) is 142 Å². The second-order valence-corrected chi connectivity index (χ2v) is 19.7. The summed E-state index contributed by atoms with van der Waals surface area (Å²) in [5.41, 5.74) is 11.3. The van der Waals surface area contributed by atoms with Crippen LogP contribution in [-0.2, 0) is 34.4 Å². The molecule has 2 aliphatic heterocycles. The third-order valence-corrected chi connectivity index (χ3v) is 16.1. The summed E-state index contributed by atoms with van der Waals surface area (Å²) in [5, 5.41) is 0. The summed E-state index contributed by atoms with van der Waals surface area (Å²) in [6.45, 7) is 13.7. The molecule has 2 saturated heterocycles. The molecule has 0 bridgehead atoms. The highest BCUT2D eigenvalue weighted by atomic mass is 16.2. The molecule has 10 nitrogen and oxygen atoms in total. The maximum atomic E-state index is 14.5. The number of aromatic nitrogens is 4. The Morgan fingerprint density at radius 3 is 2.21 bits per heavy atom. The normalized spacial score (nSPS) is 20.7. The van der Waals surface area contributed by atoms with Gasteiger partial charge in [0, 0.05) is 36.8 Å². The van der Waals surface area contributed by atoms with E-state index in [1.165, 1.54) is 33.5 Å². The van der Waals surface area contributed by atoms with Gasteiger partial charge in [0.15, 0.2) is 0 Å². The second-order valence-electron chi connectivity index (χ2n) is 19.7. The van der Waals surface area contributed by atoms with Crippen molar-refractivity contribution in [1.82, 2.24) is 39.5 Å². The van der Waals surface area contributed by atoms with Gasteiger partial charge >= 0.3 is 0 Å². The fraction of sp³-hybridized carbons (Fsp3) is 0.448. The third kappa shape index (κ3) is 8.86. The number of aryl methyl sites for hydroxylation is 3. The fourth-order valence-corrected chi connectivity index (χ4v) is 12.2. The third-order valence-electron chi connectivity index (χ3n) is 16.1. The minimum atomic E-state index is -0.313. The number of benzene rings is 4. The highest BCUT2D eigenvalue weighted by molar-refractivity contribution is 5.84. The molecule has 4 aliphatic rings. The van der Waals surface area contributed by atoms with Crippen molar-refractivity contribution in [1.29, 1.82) is 0 Å². The number of fused-ring (bicyclic) bond motifs is 4. The van der Waals surface area contributed by atoms with Crippen molar-refractivity contribution >= 4 is 11.8 Å². The number of carbonyl (C=O) groups excluding carboxylic acids is 2. The molecular weight excluding hydrogens is 841 g/mol. The van der Waals surface area contributed by atoms with E-state index in [1.54, 1.807) is 0 Å². The summed E-state index contributed by atoms with van der Waals surface area (Å²) < 4.78 is 0. The number of H-pyrrole nitrogens is 2. The van der Waals surface area contributed by atoms with E-state index in [0.717, 1.165) is 138 Å². The molecule has 2 N–H and O–H groups in total. The predicted octanol–water partition coefficient (Wildman–Crippen LogP) is 10.9. The molecular formula is C58H70N8O2. The standard InChI is InChI=1S/C58H70N8O2/c1-5-63(6-2)47(31-25-40-18-11-9-12-19-40)37-52(67)66-35-33-46-38-58(46,66)57-61-49-23-16-15-22-45-36-44(30-32-48(45)53(49)62-57)41-26-28-42(29-27-41)50-39-59-55(60-50)51-24-17-34-65(51)56(68)54(64(7-3)8-4)43-20-13-10-14-21-43/h9-14,18-21,26-30,32,36,39,46-47,51,54H,5-8,15-17,22-25,31,33-35,37-38H2,1-4H3,(H,59,60)(H,61,62)/t46?,47?,51-,54+,58?/m0/s1. The van der Waals surface area contributed by atoms with E-state index in [1.807, 2.05) is 24.4 Å². The number of carbonyl (C=O) groups is 2. The number of aromatic amines is 2. The zero-order chi connectivity index (χ0) is 46.8. The van der Waals surface area contributed by atoms with E-state index < -0.39 is 0 Å². The highest BCUT2D eigenvalue weighted by Crippen LogP contribution is 2.62. The number of imidazole rings is 2. The van der Waals surface area contributed by atoms with Crippen molar-refractivity contribution in [2.75, 3.05) is 39.3 Å². The summed E-state index contributed by atoms with van der Waals surface area (Å²) in [6, 6.07) is 36.4. The topological polar surface area (TPSA) is 104 Å². The maximum Gasteiger partial charge on any atom is 0.245 e. The van der Waals surface area contributed by atoms with Gasteiger partial charge in [-0.1, -0.05) is 131 Å². The molecule has 2 amide bonds. The average Bonchev–Trinajstić information content (AvgIpc) is 3.94. The second kappa shape index (κ2) is 20.0. The summed E-state index contributed by atoms with van der Waals surface area (Å²) >= 11 is 0. The van der Waals surface area contributed by atoms with Crippen molar-refractivity contribution in [3.05, 3.63) is 143 Å². The van der Waals surface area contributed by atoms with Gasteiger partial charge in [0.05, 0.1) is 23.6 Å². The average molecular weight is 911 g/mol. The van der Waals surface area contributed by atoms with Crippen LogP contribution in [0, 0.1) is 5.92 Å². The molecule has 5 atom stereocenters. The maximum absolute atomic E-state index is 14.5. The minimum absolute atomic E-state index is 0.0807. The van der Waals surface area contributed by atoms with Crippen LogP contribution in [0.5, 0.6) is 0 Å². The molecule has 1 saturated carbocycles. The Morgan fingerprint density at radius 2 is 1.47 bits per heavy atom. The molecule has 354 valence electrons. The van der Waals surface area contributed by atoms with Crippen LogP contribution in [0.15, 0.2) is 109 Å². The molecule has 6 aromatic rings. The lowest BCUT2D eigenvalue weighted by atomic mass is 9.90. The first kappa shape index (κ1) is 45.9. The minimum Gasteiger partial charge on any atom is -0.343 e. The van der Waals surface area contributed by atoms with Gasteiger partial charge in [-0.3, -0.25) is 14.5 Å². The largest absolute Gasteiger partial charge is 0.343 e. The van der Waals surface area contributed by atoms with Crippen LogP contribution in [0.4, 0.5) is 0 Å². The molecule has 3 unspecified atom stereocenters. The molecule has 10 heteroatoms. The zero-order valence-electron chi connectivity index (χ0n) is 40.7. The Morgan fingerprint density at radius 1 is 0.765 bits per heavy atom. The molecule has 4 aromatic carbocycles. The van der Waals surface area contributed by atoms with Crippen LogP contribution in [0.3, 0.4) is 0 Å². The fourth-order valence-electron chi connectivity index (χ4n) is 12.2. The van der Waals surface area contributed by atoms with Crippen LogP contribution < -0.4 is 0 Å². The van der Waals surface area contributed by atoms with Crippen LogP contribution in [0.1, 0.15) is 125 Å². The van der Waals surface area contributed by atoms with Crippen LogP contribution in [-0.4, -0.2) is 96.7 Å². The first-order chi connectivity index (χ1) is 33.3. The molecule has 3 fully saturated rings. The molecule has 68 heavy (non-hydrogen) atoms. The lowest BCUT2D eigenvalue weighted by molar-refractivity contribution is -0.138. The molecule has 0 spiro atoms. The first-order valence-electron chi connectivity index (χ1n) is 25.9. The van der Waals surface area contributed by atoms with E-state index >= 15 is 0 Å². The number of hydrogen-bond acceptors (Lipinski definition) is 6. The number of amides is 2. The van der Waals surface area contributed by atoms with Crippen molar-refractivity contribution in [2.24, 2.45) is 5.92 Å². The Labute approximate surface area is 403 Å². The van der Waals surface area contributed by atoms with E-state index in [-0.39, 0.29) is 35.5 Å². The quantitative estimate of drug-likeness (QED) is 0.0945. The van der Waals surface area contributed by atoms with E-state index in [4.69, 9.17) is 9.97 Å². The number of likely N-dealkylation sites (N-methyl/N-ethyl adjacent to an activating group) is 1. The number of likely N-dealkylation sites (tertiary alicyclic amines) is 2.